The fraction of sp³-hybridized carbons (Fsp3) is 0.471. The van der Waals surface area contributed by atoms with Gasteiger partial charge < -0.3 is 14.8 Å². The van der Waals surface area contributed by atoms with Gasteiger partial charge in [0.25, 0.3) is 0 Å². The van der Waals surface area contributed by atoms with E-state index in [0.717, 1.165) is 23.9 Å². The molecule has 1 aliphatic rings. The number of benzene rings is 1. The summed E-state index contributed by atoms with van der Waals surface area (Å²) in [6.07, 6.45) is 0.982. The van der Waals surface area contributed by atoms with Gasteiger partial charge in [0.05, 0.1) is 12.2 Å². The van der Waals surface area contributed by atoms with E-state index in [1.54, 1.807) is 6.07 Å². The number of H-pyrrole nitrogens is 1. The molecule has 1 aliphatic heterocycles. The lowest BCUT2D eigenvalue weighted by Crippen LogP contribution is -2.37. The minimum atomic E-state index is -0.923. The second kappa shape index (κ2) is 4.88. The summed E-state index contributed by atoms with van der Waals surface area (Å²) in [5.74, 6) is -0.0111. The van der Waals surface area contributed by atoms with Crippen LogP contribution < -0.4 is 0 Å². The molecule has 1 saturated heterocycles. The van der Waals surface area contributed by atoms with E-state index in [0.29, 0.717) is 11.8 Å². The Hall–Kier alpha value is -1.81. The summed E-state index contributed by atoms with van der Waals surface area (Å²) >= 11 is 0. The predicted octanol–water partition coefficient (Wildman–Crippen LogP) is 3.78. The van der Waals surface area contributed by atoms with Crippen LogP contribution in [-0.4, -0.2) is 28.3 Å². The number of aromatic nitrogens is 1. The van der Waals surface area contributed by atoms with Crippen LogP contribution in [-0.2, 0) is 4.74 Å². The molecular formula is C17H21NO3. The second-order valence-corrected chi connectivity index (χ2v) is 6.69. The van der Waals surface area contributed by atoms with Crippen molar-refractivity contribution in [2.24, 2.45) is 5.92 Å². The predicted molar refractivity (Wildman–Crippen MR) is 81.8 cm³/mol. The van der Waals surface area contributed by atoms with Gasteiger partial charge in [-0.3, -0.25) is 0 Å². The highest BCUT2D eigenvalue weighted by molar-refractivity contribution is 5.93. The highest BCUT2D eigenvalue weighted by atomic mass is 16.5. The van der Waals surface area contributed by atoms with Gasteiger partial charge in [-0.25, -0.2) is 4.79 Å². The Kier molecular flexibility index (Phi) is 3.29. The molecule has 4 heteroatoms. The van der Waals surface area contributed by atoms with Gasteiger partial charge >= 0.3 is 5.97 Å². The molecule has 0 saturated carbocycles. The zero-order chi connectivity index (χ0) is 15.2. The molecule has 3 rings (SSSR count). The quantitative estimate of drug-likeness (QED) is 0.883. The van der Waals surface area contributed by atoms with E-state index in [4.69, 9.17) is 9.84 Å². The van der Waals surface area contributed by atoms with E-state index in [2.05, 4.69) is 37.9 Å². The fourth-order valence-electron chi connectivity index (χ4n) is 3.21. The summed E-state index contributed by atoms with van der Waals surface area (Å²) in [4.78, 5) is 14.0. The Morgan fingerprint density at radius 1 is 1.38 bits per heavy atom. The van der Waals surface area contributed by atoms with Crippen molar-refractivity contribution in [3.63, 3.8) is 0 Å². The van der Waals surface area contributed by atoms with E-state index < -0.39 is 5.97 Å². The molecule has 2 N–H and O–H groups in total. The third kappa shape index (κ3) is 2.68. The zero-order valence-electron chi connectivity index (χ0n) is 12.6. The van der Waals surface area contributed by atoms with Gasteiger partial charge in [0, 0.05) is 10.9 Å². The maximum Gasteiger partial charge on any atom is 0.352 e. The lowest BCUT2D eigenvalue weighted by molar-refractivity contribution is -0.0825. The fourth-order valence-corrected chi connectivity index (χ4v) is 3.21. The number of aromatic carboxylic acids is 1. The molecule has 0 aliphatic carbocycles. The summed E-state index contributed by atoms with van der Waals surface area (Å²) in [5.41, 5.74) is 2.27. The number of aromatic amines is 1. The number of carboxylic acids is 1. The smallest absolute Gasteiger partial charge is 0.352 e. The van der Waals surface area contributed by atoms with Gasteiger partial charge in [0.2, 0.25) is 0 Å². The molecule has 2 heterocycles. The maximum atomic E-state index is 11.0. The van der Waals surface area contributed by atoms with Gasteiger partial charge in [0.15, 0.2) is 0 Å². The van der Waals surface area contributed by atoms with Crippen molar-refractivity contribution in [3.8, 4) is 0 Å². The highest BCUT2D eigenvalue weighted by Crippen LogP contribution is 2.39. The molecule has 0 spiro atoms. The van der Waals surface area contributed by atoms with Gasteiger partial charge in [-0.05, 0) is 55.9 Å². The molecule has 0 amide bonds. The van der Waals surface area contributed by atoms with Gasteiger partial charge in [0.1, 0.15) is 5.69 Å². The molecule has 0 radical (unpaired) electrons. The minimum absolute atomic E-state index is 0.101. The van der Waals surface area contributed by atoms with Gasteiger partial charge in [-0.15, -0.1) is 0 Å². The van der Waals surface area contributed by atoms with Crippen molar-refractivity contribution in [1.82, 2.24) is 4.98 Å². The van der Waals surface area contributed by atoms with Gasteiger partial charge in [-0.2, -0.15) is 0 Å². The van der Waals surface area contributed by atoms with Crippen LogP contribution in [0.15, 0.2) is 24.3 Å². The lowest BCUT2D eigenvalue weighted by Gasteiger charge is -2.40. The summed E-state index contributed by atoms with van der Waals surface area (Å²) in [6.45, 7) is 7.24. The molecule has 0 bridgehead atoms. The Morgan fingerprint density at radius 2 is 2.14 bits per heavy atom. The Labute approximate surface area is 124 Å². The SMILES string of the molecule is CC1COC(C)(C)C[C@H]1c1ccc2[nH]c(C(=O)O)cc2c1. The molecule has 2 atom stereocenters. The number of ether oxygens (including phenoxy) is 1. The van der Waals surface area contributed by atoms with E-state index in [9.17, 15) is 4.79 Å². The first-order valence-electron chi connectivity index (χ1n) is 7.36. The standard InChI is InChI=1S/C17H21NO3/c1-10-9-21-17(2,3)8-13(10)11-4-5-14-12(6-11)7-15(18-14)16(19)20/h4-7,10,13,18H,8-9H2,1-3H3,(H,19,20)/t10?,13-/m1/s1. The molecule has 1 aromatic heterocycles. The van der Waals surface area contributed by atoms with Crippen LogP contribution in [0.25, 0.3) is 10.9 Å². The normalized spacial score (nSPS) is 25.1. The summed E-state index contributed by atoms with van der Waals surface area (Å²) in [5, 5.41) is 10.0. The van der Waals surface area contributed by atoms with Crippen LogP contribution in [0.5, 0.6) is 0 Å². The summed E-state index contributed by atoms with van der Waals surface area (Å²) in [6, 6.07) is 7.90. The molecule has 2 aromatic rings. The number of hydrogen-bond donors (Lipinski definition) is 2. The topological polar surface area (TPSA) is 62.3 Å². The zero-order valence-corrected chi connectivity index (χ0v) is 12.6. The molecular weight excluding hydrogens is 266 g/mol. The monoisotopic (exact) mass is 287 g/mol. The Morgan fingerprint density at radius 3 is 2.86 bits per heavy atom. The third-order valence-electron chi connectivity index (χ3n) is 4.44. The van der Waals surface area contributed by atoms with Crippen molar-refractivity contribution in [3.05, 3.63) is 35.5 Å². The number of rotatable bonds is 2. The average Bonchev–Trinajstić information content (AvgIpc) is 2.84. The Bertz CT molecular complexity index is 686. The first-order chi connectivity index (χ1) is 9.85. The largest absolute Gasteiger partial charge is 0.477 e. The second-order valence-electron chi connectivity index (χ2n) is 6.69. The maximum absolute atomic E-state index is 11.0. The molecule has 112 valence electrons. The number of carboxylic acid groups (broad SMARTS) is 1. The number of hydrogen-bond acceptors (Lipinski definition) is 2. The van der Waals surface area contributed by atoms with Crippen LogP contribution in [0.4, 0.5) is 0 Å². The van der Waals surface area contributed by atoms with Crippen LogP contribution in [0.3, 0.4) is 0 Å². The molecule has 1 unspecified atom stereocenters. The number of carbonyl (C=O) groups is 1. The number of fused-ring (bicyclic) bond motifs is 1. The number of nitrogens with one attached hydrogen (secondary N) is 1. The summed E-state index contributed by atoms with van der Waals surface area (Å²) < 4.78 is 5.87. The lowest BCUT2D eigenvalue weighted by atomic mass is 9.77. The van der Waals surface area contributed by atoms with Crippen molar-refractivity contribution in [2.45, 2.75) is 38.7 Å². The van der Waals surface area contributed by atoms with Gasteiger partial charge in [-0.1, -0.05) is 13.0 Å². The summed E-state index contributed by atoms with van der Waals surface area (Å²) in [7, 11) is 0. The van der Waals surface area contributed by atoms with E-state index in [-0.39, 0.29) is 11.3 Å². The first kappa shape index (κ1) is 14.1. The third-order valence-corrected chi connectivity index (χ3v) is 4.44. The van der Waals surface area contributed by atoms with Crippen molar-refractivity contribution in [1.29, 1.82) is 0 Å². The highest BCUT2D eigenvalue weighted by Gasteiger charge is 2.34. The van der Waals surface area contributed by atoms with Crippen molar-refractivity contribution < 1.29 is 14.6 Å². The van der Waals surface area contributed by atoms with Crippen molar-refractivity contribution in [2.75, 3.05) is 6.61 Å². The minimum Gasteiger partial charge on any atom is -0.477 e. The van der Waals surface area contributed by atoms with E-state index in [1.165, 1.54) is 5.56 Å². The van der Waals surface area contributed by atoms with E-state index >= 15 is 0 Å². The average molecular weight is 287 g/mol. The van der Waals surface area contributed by atoms with Crippen LogP contribution in [0, 0.1) is 5.92 Å². The van der Waals surface area contributed by atoms with E-state index in [1.807, 2.05) is 6.07 Å². The van der Waals surface area contributed by atoms with Crippen LogP contribution >= 0.6 is 0 Å². The molecule has 1 fully saturated rings. The van der Waals surface area contributed by atoms with Crippen molar-refractivity contribution >= 4 is 16.9 Å². The molecule has 1 aromatic carbocycles. The molecule has 21 heavy (non-hydrogen) atoms. The Balaban J connectivity index is 1.98. The first-order valence-corrected chi connectivity index (χ1v) is 7.36. The molecule has 4 nitrogen and oxygen atoms in total. The van der Waals surface area contributed by atoms with Crippen LogP contribution in [0.1, 0.15) is 49.2 Å². The van der Waals surface area contributed by atoms with Crippen LogP contribution in [0.2, 0.25) is 0 Å².